The lowest BCUT2D eigenvalue weighted by molar-refractivity contribution is -0.147. The Morgan fingerprint density at radius 1 is 1.17 bits per heavy atom. The summed E-state index contributed by atoms with van der Waals surface area (Å²) >= 11 is 1.52. The van der Waals surface area contributed by atoms with Crippen LogP contribution in [0, 0.1) is 0 Å². The van der Waals surface area contributed by atoms with Gasteiger partial charge in [0.15, 0.2) is 5.13 Å². The largest absolute Gasteiger partial charge is 0.459 e. The van der Waals surface area contributed by atoms with Crippen LogP contribution in [0.5, 0.6) is 0 Å². The molecule has 30 heavy (non-hydrogen) atoms. The number of nitrogens with zero attached hydrogens (tertiary/aromatic N) is 1. The Morgan fingerprint density at radius 3 is 2.50 bits per heavy atom. The summed E-state index contributed by atoms with van der Waals surface area (Å²) < 4.78 is 10.7. The summed E-state index contributed by atoms with van der Waals surface area (Å²) in [6, 6.07) is 8.87. The molecule has 0 unspecified atom stereocenters. The molecule has 0 spiro atoms. The molecule has 1 aromatic carbocycles. The number of thiazole rings is 1. The normalized spacial score (nSPS) is 12.3. The van der Waals surface area contributed by atoms with Crippen LogP contribution >= 0.6 is 11.3 Å². The second-order valence-electron chi connectivity index (χ2n) is 8.27. The molecule has 2 N–H and O–H groups in total. The quantitative estimate of drug-likeness (QED) is 0.565. The van der Waals surface area contributed by atoms with Crippen molar-refractivity contribution in [2.24, 2.45) is 0 Å². The highest BCUT2D eigenvalue weighted by Crippen LogP contribution is 2.18. The van der Waals surface area contributed by atoms with Crippen LogP contribution in [-0.4, -0.2) is 34.7 Å². The molecule has 0 saturated carbocycles. The molecule has 0 radical (unpaired) electrons. The summed E-state index contributed by atoms with van der Waals surface area (Å²) in [5.41, 5.74) is 1.08. The Kier molecular flexibility index (Phi) is 8.65. The van der Waals surface area contributed by atoms with E-state index in [4.69, 9.17) is 9.47 Å². The number of benzene rings is 1. The Bertz CT molecular complexity index is 815. The molecule has 0 aliphatic heterocycles. The van der Waals surface area contributed by atoms with Crippen molar-refractivity contribution in [1.82, 2.24) is 10.3 Å². The third kappa shape index (κ3) is 8.82. The average Bonchev–Trinajstić information content (AvgIpc) is 3.09. The van der Waals surface area contributed by atoms with Gasteiger partial charge >= 0.3 is 12.1 Å². The smallest absolute Gasteiger partial charge is 0.408 e. The number of hydrogen-bond acceptors (Lipinski definition) is 7. The number of anilines is 1. The number of nitrogens with one attached hydrogen (secondary N) is 2. The first-order chi connectivity index (χ1) is 14.1. The standard InChI is InChI=1S/C22H31N3O4S/c1-15(2)23-20-24-17(14-30-20)11-12-18(25-21(27)29-22(3,4)5)19(26)28-13-16-9-7-6-8-10-16/h6-10,14-15,18H,11-13H2,1-5H3,(H,23,24)(H,25,27)/t18-/m0/s1. The van der Waals surface area contributed by atoms with E-state index in [1.807, 2.05) is 49.6 Å². The maximum atomic E-state index is 12.7. The van der Waals surface area contributed by atoms with Crippen molar-refractivity contribution in [2.75, 3.05) is 5.32 Å². The topological polar surface area (TPSA) is 89.5 Å². The van der Waals surface area contributed by atoms with Gasteiger partial charge in [0, 0.05) is 11.4 Å². The van der Waals surface area contributed by atoms with E-state index in [0.29, 0.717) is 18.9 Å². The minimum absolute atomic E-state index is 0.144. The highest BCUT2D eigenvalue weighted by atomic mass is 32.1. The summed E-state index contributed by atoms with van der Waals surface area (Å²) in [5.74, 6) is -0.500. The number of amides is 1. The van der Waals surface area contributed by atoms with E-state index in [9.17, 15) is 9.59 Å². The van der Waals surface area contributed by atoms with Gasteiger partial charge in [-0.25, -0.2) is 14.6 Å². The van der Waals surface area contributed by atoms with Gasteiger partial charge < -0.3 is 20.1 Å². The molecule has 1 amide bonds. The monoisotopic (exact) mass is 433 g/mol. The van der Waals surface area contributed by atoms with E-state index in [-0.39, 0.29) is 6.61 Å². The molecule has 8 heteroatoms. The third-order valence-corrected chi connectivity index (χ3v) is 4.67. The van der Waals surface area contributed by atoms with E-state index < -0.39 is 23.7 Å². The van der Waals surface area contributed by atoms with Crippen molar-refractivity contribution in [1.29, 1.82) is 0 Å². The second kappa shape index (κ2) is 11.0. The zero-order chi connectivity index (χ0) is 22.1. The zero-order valence-corrected chi connectivity index (χ0v) is 19.0. The van der Waals surface area contributed by atoms with Crippen LogP contribution in [0.25, 0.3) is 0 Å². The Balaban J connectivity index is 1.99. The van der Waals surface area contributed by atoms with Crippen LogP contribution in [0.3, 0.4) is 0 Å². The molecule has 0 fully saturated rings. The lowest BCUT2D eigenvalue weighted by Gasteiger charge is -2.23. The van der Waals surface area contributed by atoms with Gasteiger partial charge in [-0.2, -0.15) is 0 Å². The molecule has 1 aromatic heterocycles. The summed E-state index contributed by atoms with van der Waals surface area (Å²) in [4.78, 5) is 29.4. The molecule has 0 bridgehead atoms. The lowest BCUT2D eigenvalue weighted by atomic mass is 10.1. The van der Waals surface area contributed by atoms with E-state index in [1.54, 1.807) is 20.8 Å². The minimum Gasteiger partial charge on any atom is -0.459 e. The molecular weight excluding hydrogens is 402 g/mol. The van der Waals surface area contributed by atoms with Crippen LogP contribution in [0.1, 0.15) is 52.3 Å². The highest BCUT2D eigenvalue weighted by molar-refractivity contribution is 7.13. The summed E-state index contributed by atoms with van der Waals surface area (Å²) in [6.07, 6.45) is 0.235. The molecule has 0 aliphatic rings. The van der Waals surface area contributed by atoms with Crippen molar-refractivity contribution < 1.29 is 19.1 Å². The SMILES string of the molecule is CC(C)Nc1nc(CC[C@H](NC(=O)OC(C)(C)C)C(=O)OCc2ccccc2)cs1. The molecule has 0 saturated heterocycles. The number of alkyl carbamates (subject to hydrolysis) is 1. The molecular formula is C22H31N3O4S. The number of esters is 1. The number of aryl methyl sites for hydroxylation is 1. The van der Waals surface area contributed by atoms with Crippen LogP contribution in [0.2, 0.25) is 0 Å². The number of carbonyl (C=O) groups excluding carboxylic acids is 2. The molecule has 2 aromatic rings. The van der Waals surface area contributed by atoms with Gasteiger partial charge in [0.2, 0.25) is 0 Å². The maximum Gasteiger partial charge on any atom is 0.408 e. The first kappa shape index (κ1) is 23.7. The van der Waals surface area contributed by atoms with Crippen molar-refractivity contribution >= 4 is 28.5 Å². The number of hydrogen-bond donors (Lipinski definition) is 2. The summed E-state index contributed by atoms with van der Waals surface area (Å²) in [6.45, 7) is 9.55. The van der Waals surface area contributed by atoms with Gasteiger partial charge in [0.25, 0.3) is 0 Å². The molecule has 1 atom stereocenters. The second-order valence-corrected chi connectivity index (χ2v) is 9.13. The van der Waals surface area contributed by atoms with Crippen molar-refractivity contribution in [3.63, 3.8) is 0 Å². The lowest BCUT2D eigenvalue weighted by Crippen LogP contribution is -2.44. The first-order valence-electron chi connectivity index (χ1n) is 10.0. The van der Waals surface area contributed by atoms with E-state index in [0.717, 1.165) is 16.4 Å². The van der Waals surface area contributed by atoms with Crippen LogP contribution < -0.4 is 10.6 Å². The maximum absolute atomic E-state index is 12.7. The molecule has 2 rings (SSSR count). The molecule has 7 nitrogen and oxygen atoms in total. The third-order valence-electron chi connectivity index (χ3n) is 3.85. The highest BCUT2D eigenvalue weighted by Gasteiger charge is 2.26. The van der Waals surface area contributed by atoms with E-state index in [1.165, 1.54) is 11.3 Å². The van der Waals surface area contributed by atoms with Gasteiger partial charge in [-0.1, -0.05) is 30.3 Å². The van der Waals surface area contributed by atoms with Crippen molar-refractivity contribution in [2.45, 2.75) is 71.8 Å². The van der Waals surface area contributed by atoms with Gasteiger partial charge in [-0.15, -0.1) is 11.3 Å². The van der Waals surface area contributed by atoms with Crippen LogP contribution in [-0.2, 0) is 27.3 Å². The predicted molar refractivity (Wildman–Crippen MR) is 119 cm³/mol. The van der Waals surface area contributed by atoms with E-state index in [2.05, 4.69) is 15.6 Å². The zero-order valence-electron chi connectivity index (χ0n) is 18.2. The molecule has 0 aliphatic carbocycles. The van der Waals surface area contributed by atoms with Gasteiger partial charge in [0.05, 0.1) is 5.69 Å². The summed E-state index contributed by atoms with van der Waals surface area (Å²) in [5, 5.41) is 8.69. The number of aromatic nitrogens is 1. The molecule has 1 heterocycles. The van der Waals surface area contributed by atoms with Crippen LogP contribution in [0.4, 0.5) is 9.93 Å². The fraction of sp³-hybridized carbons (Fsp3) is 0.500. The van der Waals surface area contributed by atoms with Gasteiger partial charge in [-0.05, 0) is 53.0 Å². The Hall–Kier alpha value is -2.61. The number of carbonyl (C=O) groups is 2. The fourth-order valence-electron chi connectivity index (χ4n) is 2.56. The van der Waals surface area contributed by atoms with Crippen molar-refractivity contribution in [3.8, 4) is 0 Å². The summed E-state index contributed by atoms with van der Waals surface area (Å²) in [7, 11) is 0. The first-order valence-corrected chi connectivity index (χ1v) is 10.9. The van der Waals surface area contributed by atoms with Crippen LogP contribution in [0.15, 0.2) is 35.7 Å². The van der Waals surface area contributed by atoms with Gasteiger partial charge in [-0.3, -0.25) is 0 Å². The Morgan fingerprint density at radius 2 is 1.87 bits per heavy atom. The van der Waals surface area contributed by atoms with Crippen molar-refractivity contribution in [3.05, 3.63) is 47.0 Å². The Labute approximate surface area is 182 Å². The fourth-order valence-corrected chi connectivity index (χ4v) is 3.45. The van der Waals surface area contributed by atoms with Gasteiger partial charge in [0.1, 0.15) is 18.2 Å². The average molecular weight is 434 g/mol. The number of rotatable bonds is 9. The minimum atomic E-state index is -0.827. The predicted octanol–water partition coefficient (Wildman–Crippen LogP) is 4.53. The van der Waals surface area contributed by atoms with E-state index >= 15 is 0 Å². The molecule has 164 valence electrons. The number of ether oxygens (including phenoxy) is 2.